The molecular weight excluding hydrogens is 315 g/mol. The minimum absolute atomic E-state index is 0.262. The number of halogens is 2. The maximum atomic E-state index is 11.0. The van der Waals surface area contributed by atoms with E-state index in [2.05, 4.69) is 18.8 Å². The average Bonchev–Trinajstić information content (AvgIpc) is 2.64. The molecule has 0 unspecified atom stereocenters. The number of rotatable bonds is 4. The Bertz CT molecular complexity index is 633. The zero-order chi connectivity index (χ0) is 14.9. The average molecular weight is 329 g/mol. The Morgan fingerprint density at radius 2 is 1.85 bits per heavy atom. The van der Waals surface area contributed by atoms with E-state index < -0.39 is 0 Å². The summed E-state index contributed by atoms with van der Waals surface area (Å²) in [5.41, 5.74) is 1.02. The highest BCUT2D eigenvalue weighted by Gasteiger charge is 2.18. The van der Waals surface area contributed by atoms with Crippen molar-refractivity contribution in [1.29, 1.82) is 0 Å². The normalized spacial score (nSPS) is 11.1. The molecule has 6 heteroatoms. The highest BCUT2D eigenvalue weighted by molar-refractivity contribution is 7.99. The van der Waals surface area contributed by atoms with Gasteiger partial charge in [0.25, 0.3) is 0 Å². The number of aromatic nitrogens is 2. The lowest BCUT2D eigenvalue weighted by molar-refractivity contribution is 0.111. The smallest absolute Gasteiger partial charge is 0.185 e. The number of benzene rings is 1. The summed E-state index contributed by atoms with van der Waals surface area (Å²) in [6.07, 6.45) is 0.765. The van der Waals surface area contributed by atoms with Crippen molar-refractivity contribution >= 4 is 41.2 Å². The molecule has 0 bridgehead atoms. The molecule has 0 saturated carbocycles. The molecule has 0 saturated heterocycles. The van der Waals surface area contributed by atoms with Gasteiger partial charge in [0.05, 0.1) is 5.69 Å². The van der Waals surface area contributed by atoms with Gasteiger partial charge in [0.2, 0.25) is 0 Å². The van der Waals surface area contributed by atoms with E-state index >= 15 is 0 Å². The molecule has 0 amide bonds. The van der Waals surface area contributed by atoms with Crippen LogP contribution in [-0.2, 0) is 7.05 Å². The fourth-order valence-electron chi connectivity index (χ4n) is 2.02. The Morgan fingerprint density at radius 3 is 2.35 bits per heavy atom. The van der Waals surface area contributed by atoms with Crippen molar-refractivity contribution in [2.75, 3.05) is 0 Å². The van der Waals surface area contributed by atoms with Crippen LogP contribution < -0.4 is 0 Å². The van der Waals surface area contributed by atoms with Gasteiger partial charge in [0, 0.05) is 22.0 Å². The van der Waals surface area contributed by atoms with Crippen LogP contribution in [0, 0.1) is 0 Å². The molecule has 0 radical (unpaired) electrons. The Kier molecular flexibility index (Phi) is 4.78. The summed E-state index contributed by atoms with van der Waals surface area (Å²) in [7, 11) is 1.85. The topological polar surface area (TPSA) is 34.9 Å². The first-order valence-corrected chi connectivity index (χ1v) is 7.65. The number of aldehydes is 1. The van der Waals surface area contributed by atoms with Gasteiger partial charge in [-0.2, -0.15) is 0 Å². The number of imidazole rings is 1. The van der Waals surface area contributed by atoms with E-state index in [1.54, 1.807) is 6.07 Å². The second kappa shape index (κ2) is 6.20. The molecule has 0 aliphatic carbocycles. The number of hydrogen-bond donors (Lipinski definition) is 0. The molecule has 0 fully saturated rings. The second-order valence-electron chi connectivity index (χ2n) is 4.70. The zero-order valence-electron chi connectivity index (χ0n) is 11.4. The lowest BCUT2D eigenvalue weighted by Gasteiger charge is -2.09. The van der Waals surface area contributed by atoms with Crippen LogP contribution in [-0.4, -0.2) is 15.8 Å². The molecule has 3 nitrogen and oxygen atoms in total. The van der Waals surface area contributed by atoms with Crippen molar-refractivity contribution in [3.8, 4) is 0 Å². The van der Waals surface area contributed by atoms with Crippen molar-refractivity contribution < 1.29 is 4.79 Å². The monoisotopic (exact) mass is 328 g/mol. The van der Waals surface area contributed by atoms with Crippen LogP contribution in [0.5, 0.6) is 0 Å². The molecule has 0 atom stereocenters. The van der Waals surface area contributed by atoms with Gasteiger partial charge in [-0.1, -0.05) is 48.8 Å². The summed E-state index contributed by atoms with van der Waals surface area (Å²) in [6, 6.07) is 5.35. The summed E-state index contributed by atoms with van der Waals surface area (Å²) < 4.78 is 1.83. The zero-order valence-corrected chi connectivity index (χ0v) is 13.7. The van der Waals surface area contributed by atoms with Gasteiger partial charge >= 0.3 is 0 Å². The quantitative estimate of drug-likeness (QED) is 0.755. The SMILES string of the molecule is CC(C)c1c(Sc2cc(Cl)cc(Cl)c2)nc(C=O)n1C. The van der Waals surface area contributed by atoms with Crippen molar-refractivity contribution in [2.24, 2.45) is 7.05 Å². The molecule has 0 spiro atoms. The predicted molar refractivity (Wildman–Crippen MR) is 83.3 cm³/mol. The van der Waals surface area contributed by atoms with E-state index in [-0.39, 0.29) is 5.92 Å². The number of carbonyl (C=O) groups excluding carboxylic acids is 1. The number of hydrogen-bond acceptors (Lipinski definition) is 3. The molecule has 2 rings (SSSR count). The van der Waals surface area contributed by atoms with E-state index in [0.29, 0.717) is 15.9 Å². The molecule has 0 aliphatic heterocycles. The largest absolute Gasteiger partial charge is 0.328 e. The van der Waals surface area contributed by atoms with Crippen LogP contribution >= 0.6 is 35.0 Å². The summed E-state index contributed by atoms with van der Waals surface area (Å²) >= 11 is 13.5. The highest BCUT2D eigenvalue weighted by Crippen LogP contribution is 2.35. The molecule has 20 heavy (non-hydrogen) atoms. The van der Waals surface area contributed by atoms with Crippen LogP contribution in [0.15, 0.2) is 28.1 Å². The van der Waals surface area contributed by atoms with Gasteiger partial charge in [-0.3, -0.25) is 4.79 Å². The van der Waals surface area contributed by atoms with Crippen LogP contribution in [0.4, 0.5) is 0 Å². The molecule has 1 aromatic heterocycles. The van der Waals surface area contributed by atoms with Gasteiger partial charge in [0.1, 0.15) is 5.03 Å². The molecule has 2 aromatic rings. The van der Waals surface area contributed by atoms with Gasteiger partial charge in [-0.25, -0.2) is 4.98 Å². The third-order valence-corrected chi connectivity index (χ3v) is 4.24. The molecule has 1 aromatic carbocycles. The Balaban J connectivity index is 2.45. The lowest BCUT2D eigenvalue weighted by atomic mass is 10.1. The lowest BCUT2D eigenvalue weighted by Crippen LogP contribution is -2.02. The van der Waals surface area contributed by atoms with E-state index in [0.717, 1.165) is 21.9 Å². The molecule has 0 aliphatic rings. The second-order valence-corrected chi connectivity index (χ2v) is 6.63. The summed E-state index contributed by atoms with van der Waals surface area (Å²) in [5, 5.41) is 1.97. The summed E-state index contributed by atoms with van der Waals surface area (Å²) in [5.74, 6) is 0.683. The standard InChI is InChI=1S/C14H14Cl2N2OS/c1-8(2)13-14(17-12(7-19)18(13)3)20-11-5-9(15)4-10(16)6-11/h4-8H,1-3H3. The fourth-order valence-corrected chi connectivity index (χ4v) is 3.88. The van der Waals surface area contributed by atoms with Crippen molar-refractivity contribution in [2.45, 2.75) is 29.7 Å². The van der Waals surface area contributed by atoms with E-state index in [1.165, 1.54) is 11.8 Å². The fraction of sp³-hybridized carbons (Fsp3) is 0.286. The minimum atomic E-state index is 0.262. The van der Waals surface area contributed by atoms with Gasteiger partial charge in [-0.05, 0) is 24.1 Å². The first kappa shape index (κ1) is 15.4. The van der Waals surface area contributed by atoms with Crippen LogP contribution in [0.2, 0.25) is 10.0 Å². The first-order chi connectivity index (χ1) is 9.42. The molecule has 106 valence electrons. The predicted octanol–water partition coefficient (Wildman–Crippen LogP) is 4.81. The summed E-state index contributed by atoms with van der Waals surface area (Å²) in [6.45, 7) is 4.14. The third kappa shape index (κ3) is 3.19. The van der Waals surface area contributed by atoms with Crippen LogP contribution in [0.3, 0.4) is 0 Å². The van der Waals surface area contributed by atoms with E-state index in [9.17, 15) is 4.79 Å². The summed E-state index contributed by atoms with van der Waals surface area (Å²) in [4.78, 5) is 16.3. The van der Waals surface area contributed by atoms with Crippen LogP contribution in [0.25, 0.3) is 0 Å². The number of nitrogens with zero attached hydrogens (tertiary/aromatic N) is 2. The maximum absolute atomic E-state index is 11.0. The highest BCUT2D eigenvalue weighted by atomic mass is 35.5. The first-order valence-electron chi connectivity index (χ1n) is 6.08. The molecular formula is C14H14Cl2N2OS. The minimum Gasteiger partial charge on any atom is -0.328 e. The van der Waals surface area contributed by atoms with Gasteiger partial charge < -0.3 is 4.57 Å². The molecule has 0 N–H and O–H groups in total. The van der Waals surface area contributed by atoms with Crippen molar-refractivity contribution in [3.05, 3.63) is 39.8 Å². The Morgan fingerprint density at radius 1 is 1.25 bits per heavy atom. The van der Waals surface area contributed by atoms with Gasteiger partial charge in [-0.15, -0.1) is 0 Å². The van der Waals surface area contributed by atoms with E-state index in [4.69, 9.17) is 23.2 Å². The molecule has 1 heterocycles. The van der Waals surface area contributed by atoms with E-state index in [1.807, 2.05) is 23.7 Å². The van der Waals surface area contributed by atoms with Crippen molar-refractivity contribution in [1.82, 2.24) is 9.55 Å². The number of carbonyl (C=O) groups is 1. The Hall–Kier alpha value is -0.970. The van der Waals surface area contributed by atoms with Crippen molar-refractivity contribution in [3.63, 3.8) is 0 Å². The van der Waals surface area contributed by atoms with Crippen LogP contribution in [0.1, 0.15) is 36.1 Å². The maximum Gasteiger partial charge on any atom is 0.185 e. The Labute approximate surface area is 132 Å². The third-order valence-electron chi connectivity index (χ3n) is 2.84. The van der Waals surface area contributed by atoms with Gasteiger partial charge in [0.15, 0.2) is 12.1 Å².